The Balaban J connectivity index is 1.64. The Morgan fingerprint density at radius 3 is 2.31 bits per heavy atom. The number of rotatable bonds is 4. The third-order valence-electron chi connectivity index (χ3n) is 6.26. The van der Waals surface area contributed by atoms with E-state index in [-0.39, 0.29) is 18.0 Å². The van der Waals surface area contributed by atoms with E-state index in [1.54, 1.807) is 6.92 Å². The van der Waals surface area contributed by atoms with Gasteiger partial charge in [0.2, 0.25) is 15.9 Å². The summed E-state index contributed by atoms with van der Waals surface area (Å²) in [5.41, 5.74) is 4.00. The Labute approximate surface area is 195 Å². The average molecular weight is 477 g/mol. The maximum Gasteiger partial charge on any atom is 0.224 e. The summed E-state index contributed by atoms with van der Waals surface area (Å²) in [6.07, 6.45) is 2.03. The molecule has 0 aliphatic carbocycles. The summed E-state index contributed by atoms with van der Waals surface area (Å²) in [7, 11) is -3.17. The van der Waals surface area contributed by atoms with Crippen molar-refractivity contribution in [2.24, 2.45) is 0 Å². The van der Waals surface area contributed by atoms with Crippen LogP contribution in [0.3, 0.4) is 0 Å². The second-order valence-corrected chi connectivity index (χ2v) is 11.0. The maximum absolute atomic E-state index is 12.4. The van der Waals surface area contributed by atoms with Crippen molar-refractivity contribution in [2.45, 2.75) is 32.4 Å². The molecule has 2 aliphatic rings. The van der Waals surface area contributed by atoms with Gasteiger partial charge in [0.1, 0.15) is 0 Å². The van der Waals surface area contributed by atoms with Crippen LogP contribution >= 0.6 is 11.6 Å². The minimum absolute atomic E-state index is 0.0261. The number of halogens is 1. The topological polar surface area (TPSA) is 73.0 Å². The number of hydrogen-bond donors (Lipinski definition) is 1. The van der Waals surface area contributed by atoms with Crippen molar-refractivity contribution in [3.05, 3.63) is 53.1 Å². The fourth-order valence-electron chi connectivity index (χ4n) is 4.69. The Hall–Kier alpha value is -2.29. The highest BCUT2D eigenvalue weighted by atomic mass is 35.5. The van der Waals surface area contributed by atoms with Gasteiger partial charge in [-0.3, -0.25) is 4.79 Å². The normalized spacial score (nSPS) is 21.9. The van der Waals surface area contributed by atoms with E-state index in [0.29, 0.717) is 31.2 Å². The van der Waals surface area contributed by atoms with Crippen molar-refractivity contribution in [1.82, 2.24) is 4.31 Å². The van der Waals surface area contributed by atoms with Crippen LogP contribution in [0.5, 0.6) is 0 Å². The molecule has 9 heteroatoms. The highest BCUT2D eigenvalue weighted by Gasteiger charge is 2.33. The predicted octanol–water partition coefficient (Wildman–Crippen LogP) is 3.72. The highest BCUT2D eigenvalue weighted by Crippen LogP contribution is 2.41. The third-order valence-corrected chi connectivity index (χ3v) is 7.82. The van der Waals surface area contributed by atoms with Gasteiger partial charge >= 0.3 is 0 Å². The van der Waals surface area contributed by atoms with E-state index in [4.69, 9.17) is 11.6 Å². The van der Waals surface area contributed by atoms with Gasteiger partial charge in [-0.25, -0.2) is 8.42 Å². The van der Waals surface area contributed by atoms with Crippen LogP contribution in [-0.2, 0) is 14.8 Å². The second kappa shape index (κ2) is 8.92. The van der Waals surface area contributed by atoms with E-state index in [9.17, 15) is 13.2 Å². The molecule has 0 saturated carbocycles. The summed E-state index contributed by atoms with van der Waals surface area (Å²) in [5, 5.41) is 4.29. The first-order valence-corrected chi connectivity index (χ1v) is 13.0. The monoisotopic (exact) mass is 476 g/mol. The van der Waals surface area contributed by atoms with Crippen molar-refractivity contribution in [2.75, 3.05) is 47.6 Å². The minimum Gasteiger partial charge on any atom is -0.378 e. The van der Waals surface area contributed by atoms with Crippen molar-refractivity contribution in [3.8, 4) is 0 Å². The Bertz CT molecular complexity index is 1100. The summed E-state index contributed by atoms with van der Waals surface area (Å²) in [6, 6.07) is 13.9. The number of anilines is 3. The van der Waals surface area contributed by atoms with Gasteiger partial charge < -0.3 is 15.1 Å². The van der Waals surface area contributed by atoms with Crippen LogP contribution in [0.15, 0.2) is 42.5 Å². The number of nitrogens with one attached hydrogen (secondary N) is 1. The maximum atomic E-state index is 12.4. The molecule has 2 heterocycles. The first-order valence-electron chi connectivity index (χ1n) is 10.8. The van der Waals surface area contributed by atoms with Crippen LogP contribution < -0.4 is 15.1 Å². The van der Waals surface area contributed by atoms with Gasteiger partial charge in [-0.05, 0) is 55.8 Å². The lowest BCUT2D eigenvalue weighted by atomic mass is 9.90. The summed E-state index contributed by atoms with van der Waals surface area (Å²) in [4.78, 5) is 16.5. The summed E-state index contributed by atoms with van der Waals surface area (Å²) >= 11 is 6.04. The van der Waals surface area contributed by atoms with Crippen molar-refractivity contribution in [3.63, 3.8) is 0 Å². The quantitative estimate of drug-likeness (QED) is 0.728. The number of sulfonamides is 1. The molecule has 0 radical (unpaired) electrons. The average Bonchev–Trinajstić information content (AvgIpc) is 2.74. The summed E-state index contributed by atoms with van der Waals surface area (Å²) in [5.74, 6) is 0.0261. The lowest BCUT2D eigenvalue weighted by Crippen LogP contribution is -2.48. The lowest BCUT2D eigenvalue weighted by Gasteiger charge is -2.41. The van der Waals surface area contributed by atoms with Gasteiger partial charge in [0.25, 0.3) is 0 Å². The number of fused-ring (bicyclic) bond motifs is 1. The van der Waals surface area contributed by atoms with Crippen LogP contribution in [0.1, 0.15) is 31.9 Å². The number of carbonyl (C=O) groups excluding carboxylic acids is 1. The highest BCUT2D eigenvalue weighted by molar-refractivity contribution is 7.88. The predicted molar refractivity (Wildman–Crippen MR) is 130 cm³/mol. The molecule has 1 amide bonds. The lowest BCUT2D eigenvalue weighted by molar-refractivity contribution is -0.117. The Morgan fingerprint density at radius 2 is 1.72 bits per heavy atom. The van der Waals surface area contributed by atoms with E-state index < -0.39 is 10.0 Å². The molecule has 32 heavy (non-hydrogen) atoms. The minimum atomic E-state index is -3.17. The van der Waals surface area contributed by atoms with Gasteiger partial charge in [0.15, 0.2) is 0 Å². The van der Waals surface area contributed by atoms with E-state index in [1.165, 1.54) is 10.6 Å². The molecule has 2 aromatic carbocycles. The van der Waals surface area contributed by atoms with E-state index in [1.807, 2.05) is 41.3 Å². The van der Waals surface area contributed by atoms with Crippen LogP contribution in [-0.4, -0.2) is 57.1 Å². The zero-order valence-corrected chi connectivity index (χ0v) is 20.2. The number of hydrogen-bond acceptors (Lipinski definition) is 5. The van der Waals surface area contributed by atoms with E-state index in [2.05, 4.69) is 23.2 Å². The number of amides is 1. The fraction of sp³-hybridized carbons (Fsp3) is 0.435. The number of piperazine rings is 1. The van der Waals surface area contributed by atoms with E-state index in [0.717, 1.165) is 29.0 Å². The molecule has 2 aromatic rings. The number of benzene rings is 2. The molecule has 0 aromatic heterocycles. The smallest absolute Gasteiger partial charge is 0.224 e. The van der Waals surface area contributed by atoms with Gasteiger partial charge in [-0.1, -0.05) is 11.6 Å². The van der Waals surface area contributed by atoms with Crippen LogP contribution in [0.4, 0.5) is 17.1 Å². The molecule has 172 valence electrons. The molecule has 1 N–H and O–H groups in total. The second-order valence-electron chi connectivity index (χ2n) is 8.57. The fourth-order valence-corrected chi connectivity index (χ4v) is 5.64. The van der Waals surface area contributed by atoms with Crippen molar-refractivity contribution >= 4 is 44.6 Å². The molecular formula is C23H29ClN4O3S. The molecule has 2 atom stereocenters. The number of carbonyl (C=O) groups is 1. The molecule has 7 nitrogen and oxygen atoms in total. The van der Waals surface area contributed by atoms with Crippen molar-refractivity contribution in [1.29, 1.82) is 0 Å². The molecule has 1 fully saturated rings. The van der Waals surface area contributed by atoms with Crippen LogP contribution in [0, 0.1) is 0 Å². The van der Waals surface area contributed by atoms with Crippen molar-refractivity contribution < 1.29 is 13.2 Å². The SMILES string of the molecule is CC(=O)N1c2ccc(N3CCN(S(C)(=O)=O)CC3)cc2C(Nc2ccc(Cl)cc2)CC1C. The summed E-state index contributed by atoms with van der Waals surface area (Å²) in [6.45, 7) is 5.88. The van der Waals surface area contributed by atoms with Gasteiger partial charge in [-0.2, -0.15) is 4.31 Å². The zero-order chi connectivity index (χ0) is 23.0. The first kappa shape index (κ1) is 22.9. The van der Waals surface area contributed by atoms with Gasteiger partial charge in [-0.15, -0.1) is 0 Å². The van der Waals surface area contributed by atoms with Crippen LogP contribution in [0.2, 0.25) is 5.02 Å². The van der Waals surface area contributed by atoms with E-state index >= 15 is 0 Å². The number of nitrogens with zero attached hydrogens (tertiary/aromatic N) is 3. The third kappa shape index (κ3) is 4.72. The molecule has 1 saturated heterocycles. The summed E-state index contributed by atoms with van der Waals surface area (Å²) < 4.78 is 25.2. The van der Waals surface area contributed by atoms with Crippen LogP contribution in [0.25, 0.3) is 0 Å². The molecular weight excluding hydrogens is 448 g/mol. The molecule has 2 aliphatic heterocycles. The molecule has 0 bridgehead atoms. The van der Waals surface area contributed by atoms with Gasteiger partial charge in [0, 0.05) is 66.8 Å². The molecule has 2 unspecified atom stereocenters. The Morgan fingerprint density at radius 1 is 1.06 bits per heavy atom. The Kier molecular flexibility index (Phi) is 6.38. The zero-order valence-electron chi connectivity index (χ0n) is 18.6. The standard InChI is InChI=1S/C23H29ClN4O3S/c1-16-14-22(25-19-6-4-18(24)5-7-19)21-15-20(8-9-23(21)28(16)17(2)29)26-10-12-27(13-11-26)32(3,30)31/h4-9,15-16,22,25H,10-14H2,1-3H3. The van der Waals surface area contributed by atoms with Gasteiger partial charge in [0.05, 0.1) is 12.3 Å². The molecule has 4 rings (SSSR count). The largest absolute Gasteiger partial charge is 0.378 e. The molecule has 0 spiro atoms. The first-order chi connectivity index (χ1) is 15.1.